The Morgan fingerprint density at radius 1 is 1.20 bits per heavy atom. The van der Waals surface area contributed by atoms with Crippen LogP contribution in [0.3, 0.4) is 0 Å². The third-order valence-corrected chi connectivity index (χ3v) is 4.72. The van der Waals surface area contributed by atoms with Gasteiger partial charge in [0.25, 0.3) is 0 Å². The lowest BCUT2D eigenvalue weighted by Crippen LogP contribution is -2.43. The van der Waals surface area contributed by atoms with Crippen molar-refractivity contribution in [2.45, 2.75) is 39.3 Å². The molecule has 1 aliphatic rings. The number of hydrogen-bond acceptors (Lipinski definition) is 7. The molecular weight excluding hydrogens is 318 g/mol. The molecule has 3 aromatic rings. The molecule has 0 aromatic carbocycles. The number of H-pyrrole nitrogens is 1. The van der Waals surface area contributed by atoms with Crippen LogP contribution in [0.4, 0.5) is 5.82 Å². The number of nitrogens with zero attached hydrogens (tertiary/aromatic N) is 7. The van der Waals surface area contributed by atoms with E-state index in [1.165, 1.54) is 0 Å². The van der Waals surface area contributed by atoms with Gasteiger partial charge in [0.05, 0.1) is 12.9 Å². The average molecular weight is 341 g/mol. The summed E-state index contributed by atoms with van der Waals surface area (Å²) in [5, 5.41) is 8.04. The summed E-state index contributed by atoms with van der Waals surface area (Å²) >= 11 is 0. The van der Waals surface area contributed by atoms with E-state index in [0.29, 0.717) is 6.04 Å². The molecule has 0 spiro atoms. The molecule has 3 aromatic heterocycles. The molecule has 1 aliphatic heterocycles. The van der Waals surface area contributed by atoms with Crippen LogP contribution in [0.25, 0.3) is 11.2 Å². The second-order valence-corrected chi connectivity index (χ2v) is 6.44. The summed E-state index contributed by atoms with van der Waals surface area (Å²) in [6.45, 7) is 7.64. The first-order valence-electron chi connectivity index (χ1n) is 8.71. The minimum Gasteiger partial charge on any atom is -0.355 e. The summed E-state index contributed by atoms with van der Waals surface area (Å²) in [4.78, 5) is 22.6. The Morgan fingerprint density at radius 2 is 2.04 bits per heavy atom. The average Bonchev–Trinajstić information content (AvgIpc) is 3.21. The number of piperidine rings is 1. The van der Waals surface area contributed by atoms with E-state index in [0.717, 1.165) is 67.7 Å². The van der Waals surface area contributed by atoms with Crippen LogP contribution in [-0.2, 0) is 6.54 Å². The number of aromatic nitrogens is 7. The van der Waals surface area contributed by atoms with Crippen LogP contribution in [0.1, 0.15) is 24.5 Å². The Labute approximate surface area is 145 Å². The lowest BCUT2D eigenvalue weighted by molar-refractivity contribution is 0.398. The predicted octanol–water partition coefficient (Wildman–Crippen LogP) is 0.820. The molecule has 0 bridgehead atoms. The van der Waals surface area contributed by atoms with Crippen molar-refractivity contribution in [1.29, 1.82) is 0 Å². The molecule has 4 rings (SSSR count). The number of aromatic amines is 1. The largest absolute Gasteiger partial charge is 0.355 e. The van der Waals surface area contributed by atoms with E-state index < -0.39 is 0 Å². The highest BCUT2D eigenvalue weighted by atomic mass is 15.3. The molecule has 0 amide bonds. The van der Waals surface area contributed by atoms with E-state index in [1.54, 1.807) is 12.7 Å². The molecule has 9 nitrogen and oxygen atoms in total. The standard InChI is InChI=1S/C16H23N9/c1-11-22-12(2)25(23-11)8-5-17-13-3-6-24(7-4-13)16-14-15(19-9-18-14)20-10-21-16/h9-10,13,17H,3-8H2,1-2H3,(H,18,19,20,21). The predicted molar refractivity (Wildman–Crippen MR) is 94.4 cm³/mol. The zero-order valence-corrected chi connectivity index (χ0v) is 14.6. The van der Waals surface area contributed by atoms with Crippen LogP contribution in [0.15, 0.2) is 12.7 Å². The lowest BCUT2D eigenvalue weighted by Gasteiger charge is -2.33. The maximum Gasteiger partial charge on any atom is 0.182 e. The van der Waals surface area contributed by atoms with Gasteiger partial charge in [-0.05, 0) is 26.7 Å². The molecule has 0 saturated carbocycles. The van der Waals surface area contributed by atoms with Crippen molar-refractivity contribution in [3.05, 3.63) is 24.3 Å². The van der Waals surface area contributed by atoms with Gasteiger partial charge in [-0.15, -0.1) is 0 Å². The monoisotopic (exact) mass is 341 g/mol. The molecule has 1 fully saturated rings. The number of nitrogens with one attached hydrogen (secondary N) is 2. The minimum atomic E-state index is 0.528. The van der Waals surface area contributed by atoms with Crippen molar-refractivity contribution in [2.24, 2.45) is 0 Å². The second-order valence-electron chi connectivity index (χ2n) is 6.44. The summed E-state index contributed by atoms with van der Waals surface area (Å²) in [7, 11) is 0. The van der Waals surface area contributed by atoms with Crippen LogP contribution in [0.5, 0.6) is 0 Å². The van der Waals surface area contributed by atoms with E-state index in [9.17, 15) is 0 Å². The zero-order valence-electron chi connectivity index (χ0n) is 14.6. The van der Waals surface area contributed by atoms with Crippen LogP contribution in [-0.4, -0.2) is 60.4 Å². The summed E-state index contributed by atoms with van der Waals surface area (Å²) in [6.07, 6.45) is 5.44. The molecule has 1 saturated heterocycles. The Balaban J connectivity index is 1.30. The van der Waals surface area contributed by atoms with Gasteiger partial charge in [-0.1, -0.05) is 0 Å². The van der Waals surface area contributed by atoms with E-state index >= 15 is 0 Å². The smallest absolute Gasteiger partial charge is 0.182 e. The maximum absolute atomic E-state index is 4.45. The number of hydrogen-bond donors (Lipinski definition) is 2. The highest BCUT2D eigenvalue weighted by molar-refractivity contribution is 5.82. The fourth-order valence-electron chi connectivity index (χ4n) is 3.44. The van der Waals surface area contributed by atoms with Crippen LogP contribution in [0.2, 0.25) is 0 Å². The molecule has 4 heterocycles. The molecule has 2 N–H and O–H groups in total. The highest BCUT2D eigenvalue weighted by Crippen LogP contribution is 2.23. The number of rotatable bonds is 5. The topological polar surface area (TPSA) is 100 Å². The highest BCUT2D eigenvalue weighted by Gasteiger charge is 2.22. The van der Waals surface area contributed by atoms with Crippen molar-refractivity contribution in [2.75, 3.05) is 24.5 Å². The van der Waals surface area contributed by atoms with Crippen LogP contribution in [0, 0.1) is 13.8 Å². The van der Waals surface area contributed by atoms with Gasteiger partial charge in [-0.3, -0.25) is 0 Å². The molecule has 0 atom stereocenters. The van der Waals surface area contributed by atoms with Gasteiger partial charge in [0.15, 0.2) is 11.5 Å². The van der Waals surface area contributed by atoms with Gasteiger partial charge < -0.3 is 15.2 Å². The maximum atomic E-state index is 4.45. The van der Waals surface area contributed by atoms with Gasteiger partial charge in [-0.2, -0.15) is 5.10 Å². The summed E-state index contributed by atoms with van der Waals surface area (Å²) in [5.74, 6) is 2.76. The molecule has 9 heteroatoms. The SMILES string of the molecule is Cc1nc(C)n(CCNC2CCN(c3ncnc4nc[nH]c34)CC2)n1. The molecule has 0 unspecified atom stereocenters. The van der Waals surface area contributed by atoms with Crippen LogP contribution < -0.4 is 10.2 Å². The quantitative estimate of drug-likeness (QED) is 0.708. The third kappa shape index (κ3) is 3.32. The first-order valence-corrected chi connectivity index (χ1v) is 8.71. The lowest BCUT2D eigenvalue weighted by atomic mass is 10.1. The molecule has 25 heavy (non-hydrogen) atoms. The fourth-order valence-corrected chi connectivity index (χ4v) is 3.44. The summed E-state index contributed by atoms with van der Waals surface area (Å²) in [5.41, 5.74) is 1.65. The molecule has 132 valence electrons. The number of fused-ring (bicyclic) bond motifs is 1. The Morgan fingerprint density at radius 3 is 2.80 bits per heavy atom. The second kappa shape index (κ2) is 6.75. The fraction of sp³-hybridized carbons (Fsp3) is 0.562. The third-order valence-electron chi connectivity index (χ3n) is 4.72. The van der Waals surface area contributed by atoms with Crippen LogP contribution >= 0.6 is 0 Å². The van der Waals surface area contributed by atoms with Gasteiger partial charge in [0.2, 0.25) is 0 Å². The van der Waals surface area contributed by atoms with E-state index in [2.05, 4.69) is 40.2 Å². The zero-order chi connectivity index (χ0) is 17.2. The Bertz CT molecular complexity index is 844. The molecule has 0 aliphatic carbocycles. The van der Waals surface area contributed by atoms with Crippen molar-refractivity contribution in [3.63, 3.8) is 0 Å². The van der Waals surface area contributed by atoms with Crippen molar-refractivity contribution >= 4 is 17.0 Å². The Kier molecular flexibility index (Phi) is 4.31. The van der Waals surface area contributed by atoms with Crippen molar-refractivity contribution < 1.29 is 0 Å². The number of imidazole rings is 1. The molecular formula is C16H23N9. The van der Waals surface area contributed by atoms with E-state index in [4.69, 9.17) is 0 Å². The van der Waals surface area contributed by atoms with Gasteiger partial charge in [0.1, 0.15) is 23.5 Å². The Hall–Kier alpha value is -2.55. The van der Waals surface area contributed by atoms with E-state index in [1.807, 2.05) is 18.5 Å². The normalized spacial score (nSPS) is 16.0. The van der Waals surface area contributed by atoms with E-state index in [-0.39, 0.29) is 0 Å². The number of anilines is 1. The van der Waals surface area contributed by atoms with Gasteiger partial charge in [0, 0.05) is 25.7 Å². The minimum absolute atomic E-state index is 0.528. The number of aryl methyl sites for hydroxylation is 2. The van der Waals surface area contributed by atoms with Gasteiger partial charge >= 0.3 is 0 Å². The van der Waals surface area contributed by atoms with Crippen molar-refractivity contribution in [3.8, 4) is 0 Å². The van der Waals surface area contributed by atoms with Gasteiger partial charge in [-0.25, -0.2) is 24.6 Å². The first kappa shape index (κ1) is 15.9. The summed E-state index contributed by atoms with van der Waals surface area (Å²) < 4.78 is 1.97. The van der Waals surface area contributed by atoms with Crippen molar-refractivity contribution in [1.82, 2.24) is 40.0 Å². The first-order chi connectivity index (χ1) is 12.2. The summed E-state index contributed by atoms with van der Waals surface area (Å²) in [6, 6.07) is 0.528. The molecule has 0 radical (unpaired) electrons.